The molecule has 4 aromatic rings. The Morgan fingerprint density at radius 3 is 1.67 bits per heavy atom. The Morgan fingerprint density at radius 1 is 0.762 bits per heavy atom. The van der Waals surface area contributed by atoms with E-state index in [1.807, 2.05) is 48.5 Å². The lowest BCUT2D eigenvalue weighted by molar-refractivity contribution is -0.143. The minimum absolute atomic E-state index is 0.0515. The van der Waals surface area contributed by atoms with Gasteiger partial charge >= 0.3 is 5.97 Å². The zero-order valence-corrected chi connectivity index (χ0v) is 23.4. The standard InChI is InChI=1S/C30H36N6O6/c1-16(2)26(30(41)42)36-29(40)25(12-18-14-33-23-10-6-4-8-20(18)23)35-28(39)24(34-27(38)21(31)15-37)11-17-13-32-22-9-5-3-7-19(17)22/h3-10,13-14,16,21,24-26,32-33,37H,11-12,15,31H2,1-2H3,(H,34,38)(H,35,39)(H,36,40)(H,41,42). The van der Waals surface area contributed by atoms with Crippen molar-refractivity contribution >= 4 is 45.5 Å². The van der Waals surface area contributed by atoms with Gasteiger partial charge < -0.3 is 41.9 Å². The van der Waals surface area contributed by atoms with Crippen molar-refractivity contribution in [1.82, 2.24) is 25.9 Å². The molecule has 0 spiro atoms. The van der Waals surface area contributed by atoms with Gasteiger partial charge in [-0.05, 0) is 29.2 Å². The number of benzene rings is 2. The van der Waals surface area contributed by atoms with Crippen LogP contribution in [-0.4, -0.2) is 74.6 Å². The minimum Gasteiger partial charge on any atom is -0.480 e. The summed E-state index contributed by atoms with van der Waals surface area (Å²) in [6.45, 7) is 2.72. The van der Waals surface area contributed by atoms with Crippen LogP contribution in [0.1, 0.15) is 25.0 Å². The van der Waals surface area contributed by atoms with Crippen molar-refractivity contribution in [3.63, 3.8) is 0 Å². The second-order valence-corrected chi connectivity index (χ2v) is 10.6. The Balaban J connectivity index is 1.64. The van der Waals surface area contributed by atoms with E-state index in [1.165, 1.54) is 0 Å². The number of amides is 3. The van der Waals surface area contributed by atoms with E-state index in [4.69, 9.17) is 5.73 Å². The fourth-order valence-electron chi connectivity index (χ4n) is 4.86. The van der Waals surface area contributed by atoms with Crippen LogP contribution in [0, 0.1) is 5.92 Å². The van der Waals surface area contributed by atoms with E-state index >= 15 is 0 Å². The third-order valence-electron chi connectivity index (χ3n) is 7.23. The van der Waals surface area contributed by atoms with Gasteiger partial charge in [0, 0.05) is 47.0 Å². The van der Waals surface area contributed by atoms with Gasteiger partial charge in [-0.2, -0.15) is 0 Å². The molecule has 3 amide bonds. The van der Waals surface area contributed by atoms with E-state index < -0.39 is 60.4 Å². The summed E-state index contributed by atoms with van der Waals surface area (Å²) in [5.41, 5.74) is 8.87. The van der Waals surface area contributed by atoms with Crippen LogP contribution in [0.3, 0.4) is 0 Å². The number of aromatic amines is 2. The van der Waals surface area contributed by atoms with Crippen LogP contribution in [0.2, 0.25) is 0 Å². The molecule has 12 nitrogen and oxygen atoms in total. The molecule has 4 unspecified atom stereocenters. The molecule has 0 saturated carbocycles. The van der Waals surface area contributed by atoms with E-state index in [9.17, 15) is 29.4 Å². The summed E-state index contributed by atoms with van der Waals surface area (Å²) < 4.78 is 0. The lowest BCUT2D eigenvalue weighted by Gasteiger charge is -2.26. The number of aliphatic hydroxyl groups excluding tert-OH is 1. The summed E-state index contributed by atoms with van der Waals surface area (Å²) in [6, 6.07) is 10.2. The molecule has 0 aliphatic heterocycles. The molecule has 12 heteroatoms. The second kappa shape index (κ2) is 13.3. The molecule has 42 heavy (non-hydrogen) atoms. The van der Waals surface area contributed by atoms with Crippen molar-refractivity contribution in [3.05, 3.63) is 72.1 Å². The largest absolute Gasteiger partial charge is 0.480 e. The Bertz CT molecular complexity index is 1580. The lowest BCUT2D eigenvalue weighted by atomic mass is 10.00. The molecule has 9 N–H and O–H groups in total. The lowest BCUT2D eigenvalue weighted by Crippen LogP contribution is -2.58. The maximum absolute atomic E-state index is 13.8. The Labute approximate surface area is 242 Å². The molecule has 2 aromatic heterocycles. The van der Waals surface area contributed by atoms with Crippen LogP contribution in [0.15, 0.2) is 60.9 Å². The molecule has 4 atom stereocenters. The SMILES string of the molecule is CC(C)C(NC(=O)C(Cc1c[nH]c2ccccc12)NC(=O)C(Cc1c[nH]c2ccccc12)NC(=O)C(N)CO)C(=O)O. The topological polar surface area (TPSA) is 202 Å². The molecule has 0 radical (unpaired) electrons. The van der Waals surface area contributed by atoms with E-state index in [2.05, 4.69) is 25.9 Å². The van der Waals surface area contributed by atoms with E-state index in [1.54, 1.807) is 26.2 Å². The van der Waals surface area contributed by atoms with Gasteiger partial charge in [-0.25, -0.2) is 4.79 Å². The zero-order chi connectivity index (χ0) is 30.4. The van der Waals surface area contributed by atoms with Gasteiger partial charge in [-0.15, -0.1) is 0 Å². The van der Waals surface area contributed by atoms with Gasteiger partial charge in [-0.3, -0.25) is 14.4 Å². The number of aliphatic hydroxyl groups is 1. The predicted molar refractivity (Wildman–Crippen MR) is 157 cm³/mol. The number of nitrogens with one attached hydrogen (secondary N) is 5. The number of carboxylic acids is 1. The monoisotopic (exact) mass is 576 g/mol. The Kier molecular flexibility index (Phi) is 9.60. The van der Waals surface area contributed by atoms with E-state index in [-0.39, 0.29) is 12.8 Å². The first-order valence-electron chi connectivity index (χ1n) is 13.7. The van der Waals surface area contributed by atoms with Gasteiger partial charge in [-0.1, -0.05) is 50.2 Å². The molecule has 0 saturated heterocycles. The summed E-state index contributed by atoms with van der Waals surface area (Å²) in [6.07, 6.45) is 3.58. The number of para-hydroxylation sites is 2. The van der Waals surface area contributed by atoms with Crippen LogP contribution in [0.25, 0.3) is 21.8 Å². The van der Waals surface area contributed by atoms with Crippen LogP contribution < -0.4 is 21.7 Å². The van der Waals surface area contributed by atoms with Gasteiger partial charge in [0.25, 0.3) is 0 Å². The summed E-state index contributed by atoms with van der Waals surface area (Å²) in [5.74, 6) is -3.70. The average Bonchev–Trinajstić information content (AvgIpc) is 3.58. The molecule has 0 fully saturated rings. The highest BCUT2D eigenvalue weighted by Crippen LogP contribution is 2.21. The molecule has 2 aromatic carbocycles. The number of nitrogens with two attached hydrogens (primary N) is 1. The smallest absolute Gasteiger partial charge is 0.326 e. The fraction of sp³-hybridized carbons (Fsp3) is 0.333. The third-order valence-corrected chi connectivity index (χ3v) is 7.23. The number of hydrogen-bond acceptors (Lipinski definition) is 6. The first-order chi connectivity index (χ1) is 20.1. The molecule has 2 heterocycles. The summed E-state index contributed by atoms with van der Waals surface area (Å²) in [5, 5.41) is 28.6. The molecule has 0 bridgehead atoms. The number of fused-ring (bicyclic) bond motifs is 2. The van der Waals surface area contributed by atoms with Gasteiger partial charge in [0.05, 0.1) is 6.61 Å². The molecular formula is C30H36N6O6. The highest BCUT2D eigenvalue weighted by molar-refractivity contribution is 5.95. The number of H-pyrrole nitrogens is 2. The number of rotatable bonds is 13. The number of aromatic nitrogens is 2. The molecule has 0 aliphatic rings. The highest BCUT2D eigenvalue weighted by atomic mass is 16.4. The van der Waals surface area contributed by atoms with Crippen LogP contribution in [0.4, 0.5) is 0 Å². The minimum atomic E-state index is -1.25. The zero-order valence-electron chi connectivity index (χ0n) is 23.4. The summed E-state index contributed by atoms with van der Waals surface area (Å²) in [4.78, 5) is 58.0. The predicted octanol–water partition coefficient (Wildman–Crippen LogP) is 0.949. The summed E-state index contributed by atoms with van der Waals surface area (Å²) >= 11 is 0. The van der Waals surface area contributed by atoms with Crippen molar-refractivity contribution in [2.45, 2.75) is 50.9 Å². The maximum Gasteiger partial charge on any atom is 0.326 e. The number of hydrogen-bond donors (Lipinski definition) is 8. The third kappa shape index (κ3) is 6.96. The summed E-state index contributed by atoms with van der Waals surface area (Å²) in [7, 11) is 0. The van der Waals surface area contributed by atoms with Crippen LogP contribution in [0.5, 0.6) is 0 Å². The normalized spacial score (nSPS) is 14.3. The van der Waals surface area contributed by atoms with Crippen molar-refractivity contribution < 1.29 is 29.4 Å². The maximum atomic E-state index is 13.8. The van der Waals surface area contributed by atoms with Crippen molar-refractivity contribution in [2.24, 2.45) is 11.7 Å². The quantitative estimate of drug-likeness (QED) is 0.116. The Morgan fingerprint density at radius 2 is 1.21 bits per heavy atom. The fourth-order valence-corrected chi connectivity index (χ4v) is 4.86. The highest BCUT2D eigenvalue weighted by Gasteiger charge is 2.32. The average molecular weight is 577 g/mol. The number of aliphatic carboxylic acids is 1. The van der Waals surface area contributed by atoms with Crippen molar-refractivity contribution in [3.8, 4) is 0 Å². The first kappa shape index (κ1) is 30.3. The molecular weight excluding hydrogens is 540 g/mol. The van der Waals surface area contributed by atoms with Gasteiger partial charge in [0.1, 0.15) is 24.2 Å². The number of carbonyl (C=O) groups is 4. The van der Waals surface area contributed by atoms with Gasteiger partial charge in [0.2, 0.25) is 17.7 Å². The van der Waals surface area contributed by atoms with Crippen LogP contribution in [-0.2, 0) is 32.0 Å². The number of carbonyl (C=O) groups excluding carboxylic acids is 3. The van der Waals surface area contributed by atoms with E-state index in [0.717, 1.165) is 32.9 Å². The van der Waals surface area contributed by atoms with Crippen molar-refractivity contribution in [1.29, 1.82) is 0 Å². The molecule has 0 aliphatic carbocycles. The van der Waals surface area contributed by atoms with Crippen LogP contribution >= 0.6 is 0 Å². The number of carboxylic acid groups (broad SMARTS) is 1. The second-order valence-electron chi connectivity index (χ2n) is 10.6. The van der Waals surface area contributed by atoms with E-state index in [0.29, 0.717) is 0 Å². The molecule has 222 valence electrons. The Hall–Kier alpha value is -4.68. The first-order valence-corrected chi connectivity index (χ1v) is 13.7. The van der Waals surface area contributed by atoms with Gasteiger partial charge in [0.15, 0.2) is 0 Å². The van der Waals surface area contributed by atoms with Crippen molar-refractivity contribution in [2.75, 3.05) is 6.61 Å². The molecule has 4 rings (SSSR count).